The lowest BCUT2D eigenvalue weighted by molar-refractivity contribution is 0.0761. The van der Waals surface area contributed by atoms with Crippen LogP contribution in [0.1, 0.15) is 11.4 Å². The highest BCUT2D eigenvalue weighted by atomic mass is 35.5. The van der Waals surface area contributed by atoms with Crippen LogP contribution in [0.2, 0.25) is 5.15 Å². The number of nitrogens with zero attached hydrogens (tertiary/aromatic N) is 4. The molecule has 0 aliphatic carbocycles. The van der Waals surface area contributed by atoms with Crippen LogP contribution < -0.4 is 4.90 Å². The third-order valence-electron chi connectivity index (χ3n) is 2.68. The number of hydrogen-bond acceptors (Lipinski definition) is 5. The molecule has 90 valence electrons. The Morgan fingerprint density at radius 2 is 2.24 bits per heavy atom. The summed E-state index contributed by atoms with van der Waals surface area (Å²) in [5.74, 6) is 1.43. The maximum Gasteiger partial charge on any atom is 0.161 e. The molecule has 0 radical (unpaired) electrons. The third kappa shape index (κ3) is 2.48. The Morgan fingerprint density at radius 1 is 1.47 bits per heavy atom. The first-order valence-corrected chi connectivity index (χ1v) is 5.76. The molecule has 2 heterocycles. The van der Waals surface area contributed by atoms with Gasteiger partial charge in [-0.15, -0.1) is 0 Å². The molecule has 2 rings (SSSR count). The quantitative estimate of drug-likeness (QED) is 0.709. The second-order valence-electron chi connectivity index (χ2n) is 3.94. The number of hydrogen-bond donors (Lipinski definition) is 0. The lowest BCUT2D eigenvalue weighted by Crippen LogP contribution is -2.42. The van der Waals surface area contributed by atoms with Crippen LogP contribution in [0.4, 0.5) is 5.82 Å². The molecule has 0 aromatic carbocycles. The Morgan fingerprint density at radius 3 is 2.94 bits per heavy atom. The second kappa shape index (κ2) is 4.86. The summed E-state index contributed by atoms with van der Waals surface area (Å²) >= 11 is 6.03. The van der Waals surface area contributed by atoms with Gasteiger partial charge in [0.15, 0.2) is 6.10 Å². The fourth-order valence-electron chi connectivity index (χ4n) is 1.81. The number of morpholine rings is 1. The third-order valence-corrected chi connectivity index (χ3v) is 3.05. The first-order chi connectivity index (χ1) is 8.11. The molecule has 1 aromatic heterocycles. The molecule has 5 nitrogen and oxygen atoms in total. The summed E-state index contributed by atoms with van der Waals surface area (Å²) in [5, 5.41) is 9.34. The predicted octanol–water partition coefficient (Wildman–Crippen LogP) is 1.48. The summed E-state index contributed by atoms with van der Waals surface area (Å²) < 4.78 is 5.30. The molecular weight excluding hydrogens is 240 g/mol. The molecule has 17 heavy (non-hydrogen) atoms. The van der Waals surface area contributed by atoms with Crippen LogP contribution in [0.5, 0.6) is 0 Å². The van der Waals surface area contributed by atoms with Crippen LogP contribution in [-0.2, 0) is 4.74 Å². The van der Waals surface area contributed by atoms with Crippen molar-refractivity contribution < 1.29 is 4.74 Å². The van der Waals surface area contributed by atoms with Gasteiger partial charge in [-0.1, -0.05) is 11.6 Å². The SMILES string of the molecule is Cc1nc(Cl)c(C)c(N2CCOC(C#N)C2)n1. The molecule has 1 saturated heterocycles. The molecule has 0 bridgehead atoms. The summed E-state index contributed by atoms with van der Waals surface area (Å²) in [6.07, 6.45) is -0.405. The smallest absolute Gasteiger partial charge is 0.161 e. The van der Waals surface area contributed by atoms with E-state index in [2.05, 4.69) is 16.0 Å². The van der Waals surface area contributed by atoms with Gasteiger partial charge >= 0.3 is 0 Å². The zero-order chi connectivity index (χ0) is 12.4. The highest BCUT2D eigenvalue weighted by Gasteiger charge is 2.23. The standard InChI is InChI=1S/C11H13ClN4O/c1-7-10(12)14-8(2)15-11(7)16-3-4-17-9(5-13)6-16/h9H,3-4,6H2,1-2H3. The number of aryl methyl sites for hydroxylation is 1. The molecule has 1 aromatic rings. The minimum Gasteiger partial charge on any atom is -0.360 e. The van der Waals surface area contributed by atoms with Crippen molar-refractivity contribution in [3.05, 3.63) is 16.5 Å². The molecule has 1 atom stereocenters. The van der Waals surface area contributed by atoms with Crippen LogP contribution in [0.25, 0.3) is 0 Å². The number of halogens is 1. The van der Waals surface area contributed by atoms with Crippen molar-refractivity contribution in [3.8, 4) is 6.07 Å². The molecule has 1 fully saturated rings. The second-order valence-corrected chi connectivity index (χ2v) is 4.30. The Labute approximate surface area is 105 Å². The topological polar surface area (TPSA) is 62.0 Å². The number of anilines is 1. The van der Waals surface area contributed by atoms with Crippen molar-refractivity contribution in [2.75, 3.05) is 24.6 Å². The van der Waals surface area contributed by atoms with E-state index in [1.807, 2.05) is 11.8 Å². The molecule has 0 N–H and O–H groups in total. The Bertz CT molecular complexity index is 471. The summed E-state index contributed by atoms with van der Waals surface area (Å²) in [5.41, 5.74) is 0.843. The number of nitriles is 1. The maximum absolute atomic E-state index is 8.87. The van der Waals surface area contributed by atoms with Crippen molar-refractivity contribution in [2.24, 2.45) is 0 Å². The van der Waals surface area contributed by atoms with Gasteiger partial charge in [-0.05, 0) is 13.8 Å². The minimum absolute atomic E-state index is 0.405. The molecular formula is C11H13ClN4O. The van der Waals surface area contributed by atoms with Crippen molar-refractivity contribution in [2.45, 2.75) is 20.0 Å². The van der Waals surface area contributed by atoms with Gasteiger partial charge < -0.3 is 9.64 Å². The van der Waals surface area contributed by atoms with Crippen LogP contribution in [0.3, 0.4) is 0 Å². The van der Waals surface area contributed by atoms with Gasteiger partial charge in [-0.3, -0.25) is 0 Å². The van der Waals surface area contributed by atoms with E-state index in [9.17, 15) is 0 Å². The van der Waals surface area contributed by atoms with Gasteiger partial charge in [0.25, 0.3) is 0 Å². The minimum atomic E-state index is -0.405. The van der Waals surface area contributed by atoms with Gasteiger partial charge in [0.2, 0.25) is 0 Å². The van der Waals surface area contributed by atoms with Gasteiger partial charge in [-0.25, -0.2) is 9.97 Å². The van der Waals surface area contributed by atoms with E-state index < -0.39 is 6.10 Å². The zero-order valence-electron chi connectivity index (χ0n) is 9.77. The van der Waals surface area contributed by atoms with Crippen LogP contribution >= 0.6 is 11.6 Å². The molecule has 0 amide bonds. The summed E-state index contributed by atoms with van der Waals surface area (Å²) in [6.45, 7) is 5.44. The van der Waals surface area contributed by atoms with E-state index in [1.165, 1.54) is 0 Å². The first kappa shape index (κ1) is 12.1. The highest BCUT2D eigenvalue weighted by molar-refractivity contribution is 6.30. The van der Waals surface area contributed by atoms with E-state index in [0.29, 0.717) is 30.7 Å². The molecule has 1 aliphatic heterocycles. The maximum atomic E-state index is 8.87. The average molecular weight is 253 g/mol. The Hall–Kier alpha value is -1.38. The fraction of sp³-hybridized carbons (Fsp3) is 0.545. The monoisotopic (exact) mass is 252 g/mol. The van der Waals surface area contributed by atoms with E-state index in [-0.39, 0.29) is 0 Å². The van der Waals surface area contributed by atoms with Crippen LogP contribution in [-0.4, -0.2) is 35.8 Å². The van der Waals surface area contributed by atoms with Gasteiger partial charge in [0.1, 0.15) is 16.8 Å². The highest BCUT2D eigenvalue weighted by Crippen LogP contribution is 2.24. The summed E-state index contributed by atoms with van der Waals surface area (Å²) in [7, 11) is 0. The van der Waals surface area contributed by atoms with Crippen molar-refractivity contribution in [3.63, 3.8) is 0 Å². The molecule has 1 aliphatic rings. The molecule has 0 spiro atoms. The van der Waals surface area contributed by atoms with E-state index >= 15 is 0 Å². The average Bonchev–Trinajstić information content (AvgIpc) is 2.34. The lowest BCUT2D eigenvalue weighted by atomic mass is 10.2. The first-order valence-electron chi connectivity index (χ1n) is 5.38. The van der Waals surface area contributed by atoms with Gasteiger partial charge in [-0.2, -0.15) is 5.26 Å². The lowest BCUT2D eigenvalue weighted by Gasteiger charge is -2.31. The van der Waals surface area contributed by atoms with Crippen LogP contribution in [0.15, 0.2) is 0 Å². The predicted molar refractivity (Wildman–Crippen MR) is 64.1 cm³/mol. The van der Waals surface area contributed by atoms with Crippen molar-refractivity contribution in [1.82, 2.24) is 9.97 Å². The summed E-state index contributed by atoms with van der Waals surface area (Å²) in [6, 6.07) is 2.11. The normalized spacial score (nSPS) is 20.1. The molecule has 6 heteroatoms. The number of ether oxygens (including phenoxy) is 1. The molecule has 0 saturated carbocycles. The number of rotatable bonds is 1. The van der Waals surface area contributed by atoms with Crippen molar-refractivity contribution >= 4 is 17.4 Å². The van der Waals surface area contributed by atoms with E-state index in [4.69, 9.17) is 21.6 Å². The fourth-order valence-corrected chi connectivity index (χ4v) is 2.01. The largest absolute Gasteiger partial charge is 0.360 e. The van der Waals surface area contributed by atoms with E-state index in [0.717, 1.165) is 11.4 Å². The Kier molecular flexibility index (Phi) is 3.46. The van der Waals surface area contributed by atoms with Crippen molar-refractivity contribution in [1.29, 1.82) is 5.26 Å². The van der Waals surface area contributed by atoms with E-state index in [1.54, 1.807) is 6.92 Å². The zero-order valence-corrected chi connectivity index (χ0v) is 10.5. The van der Waals surface area contributed by atoms with Gasteiger partial charge in [0.05, 0.1) is 19.2 Å². The Balaban J connectivity index is 2.31. The number of aromatic nitrogens is 2. The van der Waals surface area contributed by atoms with Crippen LogP contribution in [0, 0.1) is 25.2 Å². The molecule has 1 unspecified atom stereocenters. The van der Waals surface area contributed by atoms with Gasteiger partial charge in [0, 0.05) is 12.1 Å². The summed E-state index contributed by atoms with van der Waals surface area (Å²) in [4.78, 5) is 10.5.